The molecule has 1 aromatic rings. The van der Waals surface area contributed by atoms with E-state index in [0.29, 0.717) is 4.83 Å². The molecule has 1 aliphatic rings. The lowest BCUT2D eigenvalue weighted by molar-refractivity contribution is 0.287. The number of rotatable bonds is 0. The van der Waals surface area contributed by atoms with Gasteiger partial charge in [0.15, 0.2) is 0 Å². The highest BCUT2D eigenvalue weighted by molar-refractivity contribution is 9.09. The Morgan fingerprint density at radius 3 is 3.17 bits per heavy atom. The van der Waals surface area contributed by atoms with E-state index in [2.05, 4.69) is 15.9 Å². The van der Waals surface area contributed by atoms with E-state index in [0.717, 1.165) is 29.4 Å². The second-order valence-corrected chi connectivity index (χ2v) is 4.33. The molecule has 2 rings (SSSR count). The third-order valence-corrected chi connectivity index (χ3v) is 3.12. The Morgan fingerprint density at radius 1 is 1.50 bits per heavy atom. The van der Waals surface area contributed by atoms with Gasteiger partial charge in [0.25, 0.3) is 0 Å². The maximum absolute atomic E-state index is 5.87. The quantitative estimate of drug-likeness (QED) is 0.637. The van der Waals surface area contributed by atoms with Gasteiger partial charge in [-0.3, -0.25) is 0 Å². The zero-order chi connectivity index (χ0) is 8.55. The molecule has 1 atom stereocenters. The van der Waals surface area contributed by atoms with E-state index in [1.807, 2.05) is 18.2 Å². The Kier molecular flexibility index (Phi) is 2.28. The fourth-order valence-electron chi connectivity index (χ4n) is 1.32. The zero-order valence-electron chi connectivity index (χ0n) is 6.39. The van der Waals surface area contributed by atoms with Crippen molar-refractivity contribution in [2.45, 2.75) is 11.2 Å². The van der Waals surface area contributed by atoms with E-state index >= 15 is 0 Å². The number of fused-ring (bicyclic) bond motifs is 1. The summed E-state index contributed by atoms with van der Waals surface area (Å²) in [6.45, 7) is 0.782. The van der Waals surface area contributed by atoms with Gasteiger partial charge in [-0.05, 0) is 24.6 Å². The first kappa shape index (κ1) is 8.39. The van der Waals surface area contributed by atoms with Crippen LogP contribution in [0.25, 0.3) is 0 Å². The number of ether oxygens (including phenoxy) is 1. The van der Waals surface area contributed by atoms with Crippen LogP contribution in [0.3, 0.4) is 0 Å². The Bertz CT molecular complexity index is 301. The highest BCUT2D eigenvalue weighted by Gasteiger charge is 2.18. The lowest BCUT2D eigenvalue weighted by Crippen LogP contribution is -2.09. The van der Waals surface area contributed by atoms with E-state index in [1.165, 1.54) is 0 Å². The molecule has 0 fully saturated rings. The Morgan fingerprint density at radius 2 is 2.33 bits per heavy atom. The van der Waals surface area contributed by atoms with Crippen LogP contribution in [0.5, 0.6) is 5.75 Å². The van der Waals surface area contributed by atoms with Crippen LogP contribution in [-0.2, 0) is 0 Å². The molecule has 0 saturated heterocycles. The SMILES string of the molecule is Clc1ccc2c(c1)C(Br)CCO2. The van der Waals surface area contributed by atoms with Gasteiger partial charge in [-0.25, -0.2) is 0 Å². The summed E-state index contributed by atoms with van der Waals surface area (Å²) in [6, 6.07) is 5.73. The molecular formula is C9H8BrClO. The molecule has 0 radical (unpaired) electrons. The molecule has 0 bridgehead atoms. The van der Waals surface area contributed by atoms with E-state index < -0.39 is 0 Å². The predicted molar refractivity (Wildman–Crippen MR) is 53.2 cm³/mol. The van der Waals surface area contributed by atoms with E-state index in [-0.39, 0.29) is 0 Å². The highest BCUT2D eigenvalue weighted by atomic mass is 79.9. The van der Waals surface area contributed by atoms with Crippen molar-refractivity contribution in [1.29, 1.82) is 0 Å². The standard InChI is InChI=1S/C9H8BrClO/c10-8-3-4-12-9-2-1-6(11)5-7(8)9/h1-2,5,8H,3-4H2. The van der Waals surface area contributed by atoms with Gasteiger partial charge >= 0.3 is 0 Å². The van der Waals surface area contributed by atoms with E-state index in [9.17, 15) is 0 Å². The van der Waals surface area contributed by atoms with Crippen molar-refractivity contribution in [2.75, 3.05) is 6.61 Å². The van der Waals surface area contributed by atoms with Crippen LogP contribution < -0.4 is 4.74 Å². The van der Waals surface area contributed by atoms with Crippen LogP contribution in [0.2, 0.25) is 5.02 Å². The van der Waals surface area contributed by atoms with Crippen molar-refractivity contribution < 1.29 is 4.74 Å². The van der Waals surface area contributed by atoms with Gasteiger partial charge in [0.2, 0.25) is 0 Å². The molecule has 1 aliphatic heterocycles. The summed E-state index contributed by atoms with van der Waals surface area (Å²) in [4.78, 5) is 0.389. The van der Waals surface area contributed by atoms with Crippen molar-refractivity contribution in [3.05, 3.63) is 28.8 Å². The molecule has 0 saturated carbocycles. The van der Waals surface area contributed by atoms with Crippen LogP contribution in [0, 0.1) is 0 Å². The molecule has 1 aromatic carbocycles. The molecule has 1 heterocycles. The minimum Gasteiger partial charge on any atom is -0.493 e. The normalized spacial score (nSPS) is 21.3. The largest absolute Gasteiger partial charge is 0.493 e. The van der Waals surface area contributed by atoms with Crippen LogP contribution in [0.1, 0.15) is 16.8 Å². The molecule has 12 heavy (non-hydrogen) atoms. The number of alkyl halides is 1. The Balaban J connectivity index is 2.47. The average Bonchev–Trinajstić information content (AvgIpc) is 2.07. The Labute approximate surface area is 84.8 Å². The minimum atomic E-state index is 0.389. The van der Waals surface area contributed by atoms with Gasteiger partial charge in [0, 0.05) is 15.4 Å². The van der Waals surface area contributed by atoms with Crippen molar-refractivity contribution >= 4 is 27.5 Å². The van der Waals surface area contributed by atoms with Gasteiger partial charge in [0.05, 0.1) is 6.61 Å². The number of hydrogen-bond donors (Lipinski definition) is 0. The summed E-state index contributed by atoms with van der Waals surface area (Å²) in [5, 5.41) is 0.767. The zero-order valence-corrected chi connectivity index (χ0v) is 8.73. The molecule has 0 aromatic heterocycles. The van der Waals surface area contributed by atoms with Crippen LogP contribution in [0.15, 0.2) is 18.2 Å². The third-order valence-electron chi connectivity index (χ3n) is 1.94. The smallest absolute Gasteiger partial charge is 0.123 e. The fourth-order valence-corrected chi connectivity index (χ4v) is 2.05. The van der Waals surface area contributed by atoms with E-state index in [4.69, 9.17) is 16.3 Å². The topological polar surface area (TPSA) is 9.23 Å². The second-order valence-electron chi connectivity index (χ2n) is 2.79. The van der Waals surface area contributed by atoms with Gasteiger partial charge < -0.3 is 4.74 Å². The summed E-state index contributed by atoms with van der Waals surface area (Å²) in [5.41, 5.74) is 1.16. The molecule has 1 nitrogen and oxygen atoms in total. The van der Waals surface area contributed by atoms with Crippen LogP contribution >= 0.6 is 27.5 Å². The molecule has 0 spiro atoms. The van der Waals surface area contributed by atoms with Gasteiger partial charge in [0.1, 0.15) is 5.75 Å². The highest BCUT2D eigenvalue weighted by Crippen LogP contribution is 2.38. The third kappa shape index (κ3) is 1.46. The van der Waals surface area contributed by atoms with Crippen LogP contribution in [-0.4, -0.2) is 6.61 Å². The van der Waals surface area contributed by atoms with Crippen molar-refractivity contribution in [2.24, 2.45) is 0 Å². The van der Waals surface area contributed by atoms with Gasteiger partial charge in [-0.1, -0.05) is 27.5 Å². The summed E-state index contributed by atoms with van der Waals surface area (Å²) in [7, 11) is 0. The fraction of sp³-hybridized carbons (Fsp3) is 0.333. The molecule has 64 valence electrons. The summed E-state index contributed by atoms with van der Waals surface area (Å²) in [6.07, 6.45) is 1.01. The number of benzene rings is 1. The lowest BCUT2D eigenvalue weighted by atomic mass is 10.1. The molecule has 1 unspecified atom stereocenters. The van der Waals surface area contributed by atoms with Crippen molar-refractivity contribution in [3.63, 3.8) is 0 Å². The maximum atomic E-state index is 5.87. The average molecular weight is 248 g/mol. The lowest BCUT2D eigenvalue weighted by Gasteiger charge is -2.21. The van der Waals surface area contributed by atoms with Crippen molar-refractivity contribution in [3.8, 4) is 5.75 Å². The monoisotopic (exact) mass is 246 g/mol. The first-order valence-corrected chi connectivity index (χ1v) is 5.13. The second kappa shape index (κ2) is 3.27. The molecule has 3 heteroatoms. The van der Waals surface area contributed by atoms with Gasteiger partial charge in [-0.15, -0.1) is 0 Å². The number of halogens is 2. The molecule has 0 aliphatic carbocycles. The summed E-state index contributed by atoms with van der Waals surface area (Å²) < 4.78 is 5.46. The summed E-state index contributed by atoms with van der Waals surface area (Å²) in [5.74, 6) is 0.951. The predicted octanol–water partition coefficient (Wildman–Crippen LogP) is 3.56. The molecule has 0 amide bonds. The van der Waals surface area contributed by atoms with Crippen LogP contribution in [0.4, 0.5) is 0 Å². The molecule has 0 N–H and O–H groups in total. The van der Waals surface area contributed by atoms with Gasteiger partial charge in [-0.2, -0.15) is 0 Å². The van der Waals surface area contributed by atoms with Crippen molar-refractivity contribution in [1.82, 2.24) is 0 Å². The summed E-state index contributed by atoms with van der Waals surface area (Å²) >= 11 is 9.45. The first-order valence-electron chi connectivity index (χ1n) is 3.83. The Hall–Kier alpha value is -0.210. The first-order chi connectivity index (χ1) is 5.77. The van der Waals surface area contributed by atoms with E-state index in [1.54, 1.807) is 0 Å². The number of hydrogen-bond acceptors (Lipinski definition) is 1. The maximum Gasteiger partial charge on any atom is 0.123 e. The minimum absolute atomic E-state index is 0.389. The molecular weight excluding hydrogens is 239 g/mol.